The predicted octanol–water partition coefficient (Wildman–Crippen LogP) is 4.09. The van der Waals surface area contributed by atoms with Gasteiger partial charge in [-0.05, 0) is 85.6 Å². The molecule has 0 aromatic heterocycles. The molecule has 27 heavy (non-hydrogen) atoms. The summed E-state index contributed by atoms with van der Waals surface area (Å²) in [5, 5.41) is 0. The van der Waals surface area contributed by atoms with Gasteiger partial charge in [0.15, 0.2) is 11.7 Å². The van der Waals surface area contributed by atoms with E-state index in [1.165, 1.54) is 23.1 Å². The number of ketones is 1. The van der Waals surface area contributed by atoms with E-state index in [9.17, 15) is 4.79 Å². The van der Waals surface area contributed by atoms with Gasteiger partial charge in [0.05, 0.1) is 13.7 Å². The van der Waals surface area contributed by atoms with Gasteiger partial charge >= 0.3 is 0 Å². The molecule has 0 radical (unpaired) electrons. The second-order valence-electron chi connectivity index (χ2n) is 8.38. The number of aryl methyl sites for hydroxylation is 1. The molecule has 4 heteroatoms. The average Bonchev–Trinajstić information content (AvgIpc) is 3.36. The smallest absolute Gasteiger partial charge is 0.187 e. The first kappa shape index (κ1) is 17.0. The summed E-state index contributed by atoms with van der Waals surface area (Å²) in [5.41, 5.74) is 5.37. The van der Waals surface area contributed by atoms with Crippen molar-refractivity contribution >= 4 is 11.7 Å². The topological polar surface area (TPSA) is 47.9 Å². The van der Waals surface area contributed by atoms with Gasteiger partial charge in [0, 0.05) is 5.92 Å². The van der Waals surface area contributed by atoms with Crippen molar-refractivity contribution in [1.82, 2.24) is 0 Å². The van der Waals surface area contributed by atoms with Crippen molar-refractivity contribution in [3.8, 4) is 5.75 Å². The monoisotopic (exact) mass is 365 g/mol. The van der Waals surface area contributed by atoms with Crippen molar-refractivity contribution in [2.45, 2.75) is 44.9 Å². The number of methoxy groups -OCH3 is 1. The first-order valence-corrected chi connectivity index (χ1v) is 10.2. The summed E-state index contributed by atoms with van der Waals surface area (Å²) in [6, 6.07) is 6.55. The first-order valence-electron chi connectivity index (χ1n) is 10.2. The number of rotatable bonds is 3. The molecule has 0 saturated heterocycles. The summed E-state index contributed by atoms with van der Waals surface area (Å²) in [4.78, 5) is 16.9. The number of carbonyl (C=O) groups excluding carboxylic acids is 1. The van der Waals surface area contributed by atoms with Gasteiger partial charge in [-0.2, -0.15) is 0 Å². The molecule has 142 valence electrons. The van der Waals surface area contributed by atoms with Gasteiger partial charge in [-0.1, -0.05) is 11.6 Å². The lowest BCUT2D eigenvalue weighted by molar-refractivity contribution is -0.113. The minimum Gasteiger partial charge on any atom is -0.497 e. The second kappa shape index (κ2) is 6.50. The van der Waals surface area contributed by atoms with E-state index in [1.54, 1.807) is 14.0 Å². The highest BCUT2D eigenvalue weighted by molar-refractivity contribution is 5.95. The molecule has 1 aliphatic heterocycles. The van der Waals surface area contributed by atoms with E-state index in [1.807, 2.05) is 0 Å². The van der Waals surface area contributed by atoms with Gasteiger partial charge < -0.3 is 9.47 Å². The third kappa shape index (κ3) is 2.64. The van der Waals surface area contributed by atoms with Gasteiger partial charge in [-0.15, -0.1) is 0 Å². The Kier molecular flexibility index (Phi) is 4.10. The zero-order valence-corrected chi connectivity index (χ0v) is 16.2. The van der Waals surface area contributed by atoms with Crippen molar-refractivity contribution < 1.29 is 14.3 Å². The van der Waals surface area contributed by atoms with Crippen LogP contribution in [0.3, 0.4) is 0 Å². The highest BCUT2D eigenvalue weighted by Crippen LogP contribution is 2.57. The Morgan fingerprint density at radius 3 is 2.85 bits per heavy atom. The highest BCUT2D eigenvalue weighted by atomic mass is 16.5. The maximum atomic E-state index is 12.2. The number of allylic oxidation sites excluding steroid dienone is 2. The van der Waals surface area contributed by atoms with E-state index in [0.29, 0.717) is 24.4 Å². The van der Waals surface area contributed by atoms with Crippen LogP contribution in [0.2, 0.25) is 0 Å². The zero-order chi connectivity index (χ0) is 18.5. The first-order chi connectivity index (χ1) is 13.2. The van der Waals surface area contributed by atoms with Gasteiger partial charge in [0.25, 0.3) is 0 Å². The molecule has 0 spiro atoms. The van der Waals surface area contributed by atoms with E-state index < -0.39 is 0 Å². The number of ether oxygens (including phenoxy) is 2. The molecule has 1 aromatic carbocycles. The Hall–Kier alpha value is -2.10. The molecule has 1 aromatic rings. The van der Waals surface area contributed by atoms with Gasteiger partial charge in [-0.3, -0.25) is 9.79 Å². The Balaban J connectivity index is 1.63. The summed E-state index contributed by atoms with van der Waals surface area (Å²) >= 11 is 0. The Bertz CT molecular complexity index is 853. The van der Waals surface area contributed by atoms with Crippen LogP contribution in [0.5, 0.6) is 5.75 Å². The predicted molar refractivity (Wildman–Crippen MR) is 104 cm³/mol. The molecule has 4 atom stereocenters. The van der Waals surface area contributed by atoms with Crippen molar-refractivity contribution in [1.29, 1.82) is 0 Å². The largest absolute Gasteiger partial charge is 0.497 e. The number of fused-ring (bicyclic) bond motifs is 5. The third-order valence-corrected chi connectivity index (χ3v) is 7.20. The van der Waals surface area contributed by atoms with Crippen LogP contribution in [0, 0.1) is 17.8 Å². The number of nitrogens with zero attached hydrogens (tertiary/aromatic N) is 1. The van der Waals surface area contributed by atoms with E-state index >= 15 is 0 Å². The number of hydrogen-bond acceptors (Lipinski definition) is 4. The average molecular weight is 365 g/mol. The molecule has 0 unspecified atom stereocenters. The Morgan fingerprint density at radius 1 is 1.22 bits per heavy atom. The van der Waals surface area contributed by atoms with Crippen LogP contribution in [-0.2, 0) is 16.0 Å². The van der Waals surface area contributed by atoms with E-state index in [-0.39, 0.29) is 11.7 Å². The lowest BCUT2D eigenvalue weighted by Gasteiger charge is -2.46. The minimum atomic E-state index is 0.252. The number of benzene rings is 1. The Morgan fingerprint density at radius 2 is 2.11 bits per heavy atom. The maximum absolute atomic E-state index is 12.2. The normalized spacial score (nSPS) is 31.6. The summed E-state index contributed by atoms with van der Waals surface area (Å²) < 4.78 is 11.5. The van der Waals surface area contributed by atoms with E-state index in [4.69, 9.17) is 14.5 Å². The third-order valence-electron chi connectivity index (χ3n) is 7.20. The van der Waals surface area contributed by atoms with E-state index in [0.717, 1.165) is 49.4 Å². The summed E-state index contributed by atoms with van der Waals surface area (Å²) in [5.74, 6) is 3.90. The molecule has 0 amide bonds. The molecular weight excluding hydrogens is 338 g/mol. The highest BCUT2D eigenvalue weighted by Gasteiger charge is 2.50. The fraction of sp³-hybridized carbons (Fsp3) is 0.565. The molecule has 5 rings (SSSR count). The van der Waals surface area contributed by atoms with Crippen molar-refractivity contribution in [2.24, 2.45) is 22.7 Å². The van der Waals surface area contributed by atoms with Crippen LogP contribution in [-0.4, -0.2) is 31.9 Å². The van der Waals surface area contributed by atoms with Gasteiger partial charge in [0.2, 0.25) is 0 Å². The fourth-order valence-electron chi connectivity index (χ4n) is 6.13. The number of carbonyl (C=O) groups is 1. The zero-order valence-electron chi connectivity index (χ0n) is 16.2. The van der Waals surface area contributed by atoms with Crippen LogP contribution >= 0.6 is 0 Å². The number of aliphatic imine (C=N–C) groups is 1. The quantitative estimate of drug-likeness (QED) is 0.811. The SMILES string of the molecule is COc1ccc2c(c1)[C@@H]1[C@@H](CC2)[C@@H]2CCC(C(C)=O)=C2C[C@@H]1C1=NCCO1. The second-order valence-corrected chi connectivity index (χ2v) is 8.38. The maximum Gasteiger partial charge on any atom is 0.187 e. The van der Waals surface area contributed by atoms with Crippen molar-refractivity contribution in [3.05, 3.63) is 40.5 Å². The summed E-state index contributed by atoms with van der Waals surface area (Å²) in [7, 11) is 1.74. The standard InChI is InChI=1S/C23H27NO3/c1-13(25)16-7-8-17-18-6-4-14-3-5-15(26-2)11-19(14)22(18)21(12-20(16)17)23-24-9-10-27-23/h3,5,11,17-18,21-22H,4,6-10,12H2,1-2H3/t17-,18-,21-,22-/m0/s1. The molecule has 4 aliphatic rings. The summed E-state index contributed by atoms with van der Waals surface area (Å²) in [6.07, 6.45) is 5.30. The molecule has 0 bridgehead atoms. The van der Waals surface area contributed by atoms with Gasteiger partial charge in [0.1, 0.15) is 12.4 Å². The summed E-state index contributed by atoms with van der Waals surface area (Å²) in [6.45, 7) is 3.18. The van der Waals surface area contributed by atoms with Crippen molar-refractivity contribution in [2.75, 3.05) is 20.3 Å². The van der Waals surface area contributed by atoms with E-state index in [2.05, 4.69) is 18.2 Å². The number of hydrogen-bond donors (Lipinski definition) is 0. The van der Waals surface area contributed by atoms with Crippen LogP contribution in [0.1, 0.15) is 49.7 Å². The molecule has 0 N–H and O–H groups in total. The molecule has 1 heterocycles. The van der Waals surface area contributed by atoms with Crippen LogP contribution in [0.4, 0.5) is 0 Å². The fourth-order valence-corrected chi connectivity index (χ4v) is 6.13. The Labute approximate surface area is 160 Å². The molecular formula is C23H27NO3. The van der Waals surface area contributed by atoms with Crippen LogP contribution in [0.25, 0.3) is 0 Å². The molecule has 4 nitrogen and oxygen atoms in total. The lowest BCUT2D eigenvalue weighted by atomic mass is 9.58. The van der Waals surface area contributed by atoms with Crippen LogP contribution < -0.4 is 4.74 Å². The van der Waals surface area contributed by atoms with Gasteiger partial charge in [-0.25, -0.2) is 0 Å². The lowest BCUT2D eigenvalue weighted by Crippen LogP contribution is -2.40. The number of Topliss-reactive ketones (excluding diaryl/α,β-unsaturated/α-hetero) is 1. The molecule has 1 fully saturated rings. The van der Waals surface area contributed by atoms with Crippen LogP contribution in [0.15, 0.2) is 34.3 Å². The molecule has 1 saturated carbocycles. The molecule has 3 aliphatic carbocycles. The van der Waals surface area contributed by atoms with Crippen molar-refractivity contribution in [3.63, 3.8) is 0 Å². The minimum absolute atomic E-state index is 0.252.